The van der Waals surface area contributed by atoms with Crippen LogP contribution in [0.2, 0.25) is 0 Å². The van der Waals surface area contributed by atoms with E-state index in [0.29, 0.717) is 6.54 Å². The molecule has 108 valence electrons. The number of hydrogen-bond acceptors (Lipinski definition) is 3. The Morgan fingerprint density at radius 2 is 1.95 bits per heavy atom. The number of methoxy groups -OCH3 is 1. The molecular formula is C16H28N2O. The summed E-state index contributed by atoms with van der Waals surface area (Å²) in [5.41, 5.74) is 7.46. The second-order valence-corrected chi connectivity index (χ2v) is 5.26. The number of nitrogens with zero attached hydrogens (tertiary/aromatic N) is 1. The molecule has 0 saturated carbocycles. The van der Waals surface area contributed by atoms with Gasteiger partial charge in [0, 0.05) is 25.7 Å². The maximum atomic E-state index is 6.04. The van der Waals surface area contributed by atoms with Crippen LogP contribution in [-0.4, -0.2) is 43.8 Å². The fourth-order valence-electron chi connectivity index (χ4n) is 2.46. The summed E-state index contributed by atoms with van der Waals surface area (Å²) in [6.07, 6.45) is 2.14. The van der Waals surface area contributed by atoms with Gasteiger partial charge in [0.25, 0.3) is 0 Å². The third-order valence-electron chi connectivity index (χ3n) is 3.95. The zero-order valence-corrected chi connectivity index (χ0v) is 12.6. The number of ether oxygens (including phenoxy) is 1. The first-order valence-electron chi connectivity index (χ1n) is 7.14. The van der Waals surface area contributed by atoms with Gasteiger partial charge in [-0.1, -0.05) is 37.3 Å². The molecule has 0 saturated heterocycles. The summed E-state index contributed by atoms with van der Waals surface area (Å²) in [6, 6.07) is 10.6. The SMILES string of the molecule is CCN(CCOC)C(C)(CN)CCc1ccccc1. The highest BCUT2D eigenvalue weighted by Gasteiger charge is 2.28. The highest BCUT2D eigenvalue weighted by molar-refractivity contribution is 5.15. The highest BCUT2D eigenvalue weighted by atomic mass is 16.5. The van der Waals surface area contributed by atoms with Gasteiger partial charge in [0.2, 0.25) is 0 Å². The summed E-state index contributed by atoms with van der Waals surface area (Å²) < 4.78 is 5.19. The molecule has 1 atom stereocenters. The monoisotopic (exact) mass is 264 g/mol. The summed E-state index contributed by atoms with van der Waals surface area (Å²) in [4.78, 5) is 2.43. The van der Waals surface area contributed by atoms with E-state index in [1.807, 2.05) is 0 Å². The van der Waals surface area contributed by atoms with Crippen molar-refractivity contribution in [3.63, 3.8) is 0 Å². The summed E-state index contributed by atoms with van der Waals surface area (Å²) in [7, 11) is 1.75. The van der Waals surface area contributed by atoms with E-state index >= 15 is 0 Å². The van der Waals surface area contributed by atoms with E-state index < -0.39 is 0 Å². The summed E-state index contributed by atoms with van der Waals surface area (Å²) in [5, 5.41) is 0. The average molecular weight is 264 g/mol. The molecule has 2 N–H and O–H groups in total. The van der Waals surface area contributed by atoms with Crippen LogP contribution in [0.25, 0.3) is 0 Å². The van der Waals surface area contributed by atoms with E-state index in [-0.39, 0.29) is 5.54 Å². The lowest BCUT2D eigenvalue weighted by Gasteiger charge is -2.40. The third-order valence-corrected chi connectivity index (χ3v) is 3.95. The molecule has 0 heterocycles. The Kier molecular flexibility index (Phi) is 7.06. The van der Waals surface area contributed by atoms with Gasteiger partial charge < -0.3 is 10.5 Å². The van der Waals surface area contributed by atoms with Crippen LogP contribution in [0, 0.1) is 0 Å². The Morgan fingerprint density at radius 1 is 1.26 bits per heavy atom. The van der Waals surface area contributed by atoms with Gasteiger partial charge in [0.05, 0.1) is 6.61 Å². The molecule has 1 rings (SSSR count). The van der Waals surface area contributed by atoms with E-state index in [9.17, 15) is 0 Å². The fourth-order valence-corrected chi connectivity index (χ4v) is 2.46. The molecule has 0 amide bonds. The van der Waals surface area contributed by atoms with Crippen molar-refractivity contribution in [1.29, 1.82) is 0 Å². The largest absolute Gasteiger partial charge is 0.383 e. The maximum absolute atomic E-state index is 6.04. The minimum atomic E-state index is 0.0448. The zero-order chi connectivity index (χ0) is 14.1. The topological polar surface area (TPSA) is 38.5 Å². The second-order valence-electron chi connectivity index (χ2n) is 5.26. The smallest absolute Gasteiger partial charge is 0.0589 e. The van der Waals surface area contributed by atoms with Gasteiger partial charge in [-0.3, -0.25) is 4.90 Å². The molecule has 3 heteroatoms. The van der Waals surface area contributed by atoms with Crippen molar-refractivity contribution in [1.82, 2.24) is 4.90 Å². The molecule has 1 aromatic carbocycles. The van der Waals surface area contributed by atoms with Gasteiger partial charge >= 0.3 is 0 Å². The lowest BCUT2D eigenvalue weighted by molar-refractivity contribution is 0.0700. The Balaban J connectivity index is 2.62. The van der Waals surface area contributed by atoms with Crippen molar-refractivity contribution in [2.75, 3.05) is 33.4 Å². The minimum Gasteiger partial charge on any atom is -0.383 e. The van der Waals surface area contributed by atoms with Gasteiger partial charge in [0.1, 0.15) is 0 Å². The average Bonchev–Trinajstić information content (AvgIpc) is 2.47. The van der Waals surface area contributed by atoms with Crippen LogP contribution in [0.1, 0.15) is 25.8 Å². The first-order chi connectivity index (χ1) is 9.16. The molecule has 0 aliphatic rings. The molecule has 3 nitrogen and oxygen atoms in total. The number of likely N-dealkylation sites (N-methyl/N-ethyl adjacent to an activating group) is 1. The van der Waals surface area contributed by atoms with Gasteiger partial charge in [0.15, 0.2) is 0 Å². The first kappa shape index (κ1) is 16.2. The van der Waals surface area contributed by atoms with Crippen molar-refractivity contribution in [3.8, 4) is 0 Å². The molecule has 0 aromatic heterocycles. The predicted molar refractivity (Wildman–Crippen MR) is 81.3 cm³/mol. The maximum Gasteiger partial charge on any atom is 0.0589 e. The summed E-state index contributed by atoms with van der Waals surface area (Å²) in [5.74, 6) is 0. The highest BCUT2D eigenvalue weighted by Crippen LogP contribution is 2.20. The van der Waals surface area contributed by atoms with E-state index in [1.54, 1.807) is 7.11 Å². The van der Waals surface area contributed by atoms with E-state index in [1.165, 1.54) is 5.56 Å². The number of nitrogens with two attached hydrogens (primary N) is 1. The number of benzene rings is 1. The molecule has 0 aliphatic carbocycles. The van der Waals surface area contributed by atoms with Crippen LogP contribution in [-0.2, 0) is 11.2 Å². The molecule has 19 heavy (non-hydrogen) atoms. The van der Waals surface area contributed by atoms with Gasteiger partial charge in [-0.15, -0.1) is 0 Å². The second kappa shape index (κ2) is 8.31. The van der Waals surface area contributed by atoms with Crippen LogP contribution in [0.3, 0.4) is 0 Å². The van der Waals surface area contributed by atoms with E-state index in [0.717, 1.165) is 32.5 Å². The van der Waals surface area contributed by atoms with Crippen molar-refractivity contribution >= 4 is 0 Å². The van der Waals surface area contributed by atoms with Crippen LogP contribution in [0.15, 0.2) is 30.3 Å². The lowest BCUT2D eigenvalue weighted by Crippen LogP contribution is -2.53. The van der Waals surface area contributed by atoms with Crippen LogP contribution in [0.5, 0.6) is 0 Å². The molecule has 0 bridgehead atoms. The normalized spacial score (nSPS) is 14.6. The molecule has 0 fully saturated rings. The van der Waals surface area contributed by atoms with Crippen LogP contribution >= 0.6 is 0 Å². The van der Waals surface area contributed by atoms with Crippen LogP contribution in [0.4, 0.5) is 0 Å². The Hall–Kier alpha value is -0.900. The molecule has 1 aromatic rings. The van der Waals surface area contributed by atoms with Gasteiger partial charge in [-0.05, 0) is 31.9 Å². The van der Waals surface area contributed by atoms with Crippen molar-refractivity contribution < 1.29 is 4.74 Å². The third kappa shape index (κ3) is 4.94. The molecule has 0 radical (unpaired) electrons. The Labute approximate surface area is 117 Å². The molecule has 0 aliphatic heterocycles. The van der Waals surface area contributed by atoms with Gasteiger partial charge in [-0.25, -0.2) is 0 Å². The van der Waals surface area contributed by atoms with Crippen molar-refractivity contribution in [2.45, 2.75) is 32.2 Å². The lowest BCUT2D eigenvalue weighted by atomic mass is 9.91. The predicted octanol–water partition coefficient (Wildman–Crippen LogP) is 2.30. The number of rotatable bonds is 9. The minimum absolute atomic E-state index is 0.0448. The fraction of sp³-hybridized carbons (Fsp3) is 0.625. The standard InChI is InChI=1S/C16H28N2O/c1-4-18(12-13-19-3)16(2,14-17)11-10-15-8-6-5-7-9-15/h5-9H,4,10-14,17H2,1-3H3. The zero-order valence-electron chi connectivity index (χ0n) is 12.6. The Morgan fingerprint density at radius 3 is 2.47 bits per heavy atom. The Bertz CT molecular complexity index is 342. The molecule has 0 spiro atoms. The summed E-state index contributed by atoms with van der Waals surface area (Å²) in [6.45, 7) is 7.83. The van der Waals surface area contributed by atoms with E-state index in [4.69, 9.17) is 10.5 Å². The van der Waals surface area contributed by atoms with Crippen LogP contribution < -0.4 is 5.73 Å². The van der Waals surface area contributed by atoms with E-state index in [2.05, 4.69) is 49.1 Å². The number of hydrogen-bond donors (Lipinski definition) is 1. The summed E-state index contributed by atoms with van der Waals surface area (Å²) >= 11 is 0. The molecular weight excluding hydrogens is 236 g/mol. The van der Waals surface area contributed by atoms with Gasteiger partial charge in [-0.2, -0.15) is 0 Å². The van der Waals surface area contributed by atoms with Crippen molar-refractivity contribution in [2.24, 2.45) is 5.73 Å². The van der Waals surface area contributed by atoms with Crippen molar-refractivity contribution in [3.05, 3.63) is 35.9 Å². The number of aryl methyl sites for hydroxylation is 1. The first-order valence-corrected chi connectivity index (χ1v) is 7.14. The molecule has 1 unspecified atom stereocenters. The quantitative estimate of drug-likeness (QED) is 0.744.